The first-order valence-electron chi connectivity index (χ1n) is 21.3. The van der Waals surface area contributed by atoms with Crippen molar-refractivity contribution in [3.05, 3.63) is 150 Å². The van der Waals surface area contributed by atoms with Crippen LogP contribution < -0.4 is 17.1 Å². The van der Waals surface area contributed by atoms with E-state index in [4.69, 9.17) is 14.2 Å². The molecule has 27 nitrogen and oxygen atoms in total. The third-order valence-electron chi connectivity index (χ3n) is 9.83. The van der Waals surface area contributed by atoms with Gasteiger partial charge in [0.2, 0.25) is 15.3 Å². The predicted molar refractivity (Wildman–Crippen MR) is 270 cm³/mol. The van der Waals surface area contributed by atoms with E-state index >= 15 is 0 Å². The van der Waals surface area contributed by atoms with Crippen molar-refractivity contribution in [2.45, 2.75) is 40.4 Å². The quantitative estimate of drug-likeness (QED) is 0.0296. The molecule has 3 aromatic carbocycles. The molecule has 0 saturated carbocycles. The van der Waals surface area contributed by atoms with E-state index in [0.29, 0.717) is 49.0 Å². The van der Waals surface area contributed by atoms with Crippen LogP contribution in [0.3, 0.4) is 0 Å². The Kier molecular flexibility index (Phi) is 21.5. The number of ether oxygens (including phenoxy) is 3. The zero-order chi connectivity index (χ0) is 55.7. The van der Waals surface area contributed by atoms with Crippen molar-refractivity contribution in [1.82, 2.24) is 13.7 Å². The van der Waals surface area contributed by atoms with E-state index in [9.17, 15) is 88.8 Å². The third-order valence-corrected chi connectivity index (χ3v) is 12.7. The van der Waals surface area contributed by atoms with E-state index in [2.05, 4.69) is 0 Å². The number of nitro benzene ring substituents is 3. The molecule has 30 heteroatoms. The van der Waals surface area contributed by atoms with Gasteiger partial charge in [0.1, 0.15) is 37.1 Å². The first-order valence-corrected chi connectivity index (χ1v) is 24.2. The van der Waals surface area contributed by atoms with Gasteiger partial charge in [0.15, 0.2) is 0 Å². The molecule has 0 radical (unpaired) electrons. The monoisotopic (exact) mass is 1100 g/mol. The topological polar surface area (TPSA) is 386 Å². The Bertz CT molecular complexity index is 2880. The normalized spacial score (nSPS) is 11.6. The smallest absolute Gasteiger partial charge is 0.336 e. The largest absolute Gasteiger partial charge is 0.507 e. The van der Waals surface area contributed by atoms with Crippen LogP contribution in [0, 0.1) is 30.3 Å². The molecule has 0 spiro atoms. The number of aromatic nitrogens is 3. The summed E-state index contributed by atoms with van der Waals surface area (Å²) < 4.78 is 16.7. The lowest BCUT2D eigenvalue weighted by Gasteiger charge is -2.14. The summed E-state index contributed by atoms with van der Waals surface area (Å²) in [6.45, 7) is -0.124. The van der Waals surface area contributed by atoms with E-state index in [1.165, 1.54) is 20.8 Å². The molecule has 0 fully saturated rings. The van der Waals surface area contributed by atoms with Crippen LogP contribution in [0.1, 0.15) is 37.5 Å². The highest BCUT2D eigenvalue weighted by Gasteiger charge is 2.21. The second-order valence-electron chi connectivity index (χ2n) is 15.2. The first-order chi connectivity index (χ1) is 35.4. The molecule has 396 valence electrons. The van der Waals surface area contributed by atoms with Gasteiger partial charge in [-0.1, -0.05) is 35.3 Å². The second kappa shape index (κ2) is 27.4. The Morgan fingerprint density at radius 3 is 0.947 bits per heavy atom. The standard InChI is InChI=1S/C45H42N6O21S3/c1-25(16-28-19-31(49(64)65)4-7-34(28)52)40(58)73-22-37(55)70-13-10-46-43(61)47(11-14-71-38(56)23-74-41(59)26(2)17-29-20-32(50(66)67)5-8-35(29)53)45(63)48(44(46)62)12-15-72-39(57)24-75-42(60)27(3)18-30-21-33(51(68)69)6-9-36(30)54/h4-9,16-21,52-54H,10-15,22-24H2,1-3H3/b25-16+,26-17+,27-18+. The molecule has 0 atom stereocenters. The molecule has 0 saturated heterocycles. The van der Waals surface area contributed by atoms with Crippen LogP contribution in [0.4, 0.5) is 17.1 Å². The average molecular weight is 1100 g/mol. The maximum absolute atomic E-state index is 13.6. The summed E-state index contributed by atoms with van der Waals surface area (Å²) in [5.74, 6) is -5.88. The van der Waals surface area contributed by atoms with Crippen molar-refractivity contribution < 1.29 is 73.1 Å². The highest BCUT2D eigenvalue weighted by molar-refractivity contribution is 8.15. The summed E-state index contributed by atoms with van der Waals surface area (Å²) in [5.41, 5.74) is -5.05. The fraction of sp³-hybridized carbons (Fsp3) is 0.267. The average Bonchev–Trinajstić information content (AvgIpc) is 3.36. The molecule has 0 amide bonds. The molecular formula is C45H42N6O21S3. The number of nitro groups is 3. The molecular weight excluding hydrogens is 1060 g/mol. The van der Waals surface area contributed by atoms with Gasteiger partial charge in [-0.05, 0) is 57.2 Å². The number of nitrogens with zero attached hydrogens (tertiary/aromatic N) is 6. The molecule has 0 aliphatic rings. The summed E-state index contributed by atoms with van der Waals surface area (Å²) in [7, 11) is 0. The van der Waals surface area contributed by atoms with Crippen molar-refractivity contribution in [2.75, 3.05) is 37.1 Å². The van der Waals surface area contributed by atoms with Gasteiger partial charge in [-0.15, -0.1) is 0 Å². The number of aromatic hydroxyl groups is 3. The molecule has 0 bridgehead atoms. The molecule has 1 heterocycles. The number of rotatable bonds is 24. The first kappa shape index (κ1) is 58.9. The van der Waals surface area contributed by atoms with Gasteiger partial charge in [0, 0.05) is 69.8 Å². The van der Waals surface area contributed by atoms with Crippen molar-refractivity contribution in [3.63, 3.8) is 0 Å². The summed E-state index contributed by atoms with van der Waals surface area (Å²) in [6, 6.07) is 9.45. The molecule has 0 aliphatic carbocycles. The van der Waals surface area contributed by atoms with Crippen LogP contribution in [0.15, 0.2) is 85.7 Å². The van der Waals surface area contributed by atoms with Crippen LogP contribution in [0.5, 0.6) is 17.2 Å². The van der Waals surface area contributed by atoms with Gasteiger partial charge in [-0.2, -0.15) is 0 Å². The summed E-state index contributed by atoms with van der Waals surface area (Å²) in [6.07, 6.45) is 3.49. The van der Waals surface area contributed by atoms with E-state index in [-0.39, 0.29) is 67.7 Å². The predicted octanol–water partition coefficient (Wildman–Crippen LogP) is 3.73. The number of thioether (sulfide) groups is 3. The maximum Gasteiger partial charge on any atom is 0.336 e. The fourth-order valence-corrected chi connectivity index (χ4v) is 7.90. The zero-order valence-electron chi connectivity index (χ0n) is 39.4. The highest BCUT2D eigenvalue weighted by Crippen LogP contribution is 2.29. The molecule has 0 unspecified atom stereocenters. The number of benzene rings is 3. The lowest BCUT2D eigenvalue weighted by Crippen LogP contribution is -2.55. The molecule has 4 aromatic rings. The Balaban J connectivity index is 1.43. The minimum absolute atomic E-state index is 0.0111. The lowest BCUT2D eigenvalue weighted by molar-refractivity contribution is -0.385. The van der Waals surface area contributed by atoms with Gasteiger partial charge >= 0.3 is 35.0 Å². The summed E-state index contributed by atoms with van der Waals surface area (Å²) in [5, 5.41) is 61.5. The number of phenolic OH excluding ortho intramolecular Hbond substituents is 3. The van der Waals surface area contributed by atoms with Gasteiger partial charge < -0.3 is 29.5 Å². The number of non-ortho nitro benzene ring substituents is 3. The van der Waals surface area contributed by atoms with E-state index in [0.717, 1.165) is 72.8 Å². The Labute approximate surface area is 433 Å². The van der Waals surface area contributed by atoms with Crippen LogP contribution in [-0.4, -0.2) is 114 Å². The molecule has 4 rings (SSSR count). The molecule has 0 aliphatic heterocycles. The third kappa shape index (κ3) is 17.2. The Morgan fingerprint density at radius 1 is 0.480 bits per heavy atom. The summed E-state index contributed by atoms with van der Waals surface area (Å²) >= 11 is 1.39. The number of hydrogen-bond donors (Lipinski definition) is 3. The SMILES string of the molecule is C/C(=C\c1cc([N+](=O)[O-])ccc1O)C(=O)SCC(=O)OCCn1c(=O)n(CCOC(=O)CSC(=O)/C(C)=C/c2cc([N+](=O)[O-])ccc2O)c(=O)n(CCOC(=O)CSC(=O)/C(C)=C/c2cc([N+](=O)[O-])ccc2O)c1=O. The molecule has 3 N–H and O–H groups in total. The van der Waals surface area contributed by atoms with E-state index < -0.39 is 122 Å². The van der Waals surface area contributed by atoms with Crippen LogP contribution >= 0.6 is 35.3 Å². The van der Waals surface area contributed by atoms with Gasteiger partial charge in [0.05, 0.1) is 51.7 Å². The molecule has 1 aromatic heterocycles. The van der Waals surface area contributed by atoms with Gasteiger partial charge in [0.25, 0.3) is 17.1 Å². The minimum Gasteiger partial charge on any atom is -0.507 e. The zero-order valence-corrected chi connectivity index (χ0v) is 41.8. The fourth-order valence-electron chi connectivity index (χ4n) is 6.04. The second-order valence-corrected chi connectivity index (χ2v) is 18.0. The van der Waals surface area contributed by atoms with Gasteiger partial charge in [-0.3, -0.25) is 59.1 Å². The Morgan fingerprint density at radius 2 is 0.720 bits per heavy atom. The van der Waals surface area contributed by atoms with Gasteiger partial charge in [-0.25, -0.2) is 28.1 Å². The van der Waals surface area contributed by atoms with Crippen molar-refractivity contribution in [3.8, 4) is 17.2 Å². The lowest BCUT2D eigenvalue weighted by atomic mass is 10.1. The molecule has 75 heavy (non-hydrogen) atoms. The minimum atomic E-state index is -1.27. The highest BCUT2D eigenvalue weighted by atomic mass is 32.2. The van der Waals surface area contributed by atoms with E-state index in [1.54, 1.807) is 0 Å². The van der Waals surface area contributed by atoms with Crippen LogP contribution in [-0.2, 0) is 62.6 Å². The van der Waals surface area contributed by atoms with Crippen molar-refractivity contribution >= 4 is 104 Å². The van der Waals surface area contributed by atoms with Crippen LogP contribution in [0.25, 0.3) is 18.2 Å². The Hall–Kier alpha value is -8.64. The number of phenols is 3. The maximum atomic E-state index is 13.6. The van der Waals surface area contributed by atoms with E-state index in [1.807, 2.05) is 0 Å². The van der Waals surface area contributed by atoms with Crippen LogP contribution in [0.2, 0.25) is 0 Å². The number of carbonyl (C=O) groups is 6. The number of carbonyl (C=O) groups excluding carboxylic acids is 6. The van der Waals surface area contributed by atoms with Crippen molar-refractivity contribution in [1.29, 1.82) is 0 Å². The number of hydrogen-bond acceptors (Lipinski definition) is 24. The summed E-state index contributed by atoms with van der Waals surface area (Å²) in [4.78, 5) is 148. The van der Waals surface area contributed by atoms with Crippen molar-refractivity contribution in [2.24, 2.45) is 0 Å². The number of esters is 3.